The predicted molar refractivity (Wildman–Crippen MR) is 150 cm³/mol. The highest BCUT2D eigenvalue weighted by molar-refractivity contribution is 6.74. The quantitative estimate of drug-likeness (QED) is 0.421. The molecule has 1 N–H and O–H groups in total. The number of imidazole rings is 1. The van der Waals surface area contributed by atoms with Crippen molar-refractivity contribution >= 4 is 25.4 Å². The first-order valence-electron chi connectivity index (χ1n) is 13.4. The fourth-order valence-electron chi connectivity index (χ4n) is 4.47. The van der Waals surface area contributed by atoms with Gasteiger partial charge in [-0.2, -0.15) is 0 Å². The zero-order valence-corrected chi connectivity index (χ0v) is 25.2. The maximum Gasteiger partial charge on any atom is 0.408 e. The van der Waals surface area contributed by atoms with E-state index in [1.165, 1.54) is 5.56 Å². The minimum absolute atomic E-state index is 0.125. The first-order chi connectivity index (χ1) is 16.6. The lowest BCUT2D eigenvalue weighted by molar-refractivity contribution is 0.0492. The largest absolute Gasteiger partial charge is 0.444 e. The lowest BCUT2D eigenvalue weighted by Gasteiger charge is -2.36. The number of ether oxygens (including phenoxy) is 1. The molecular formula is C28H48N4O3Si. The van der Waals surface area contributed by atoms with E-state index >= 15 is 0 Å². The van der Waals surface area contributed by atoms with Crippen LogP contribution in [0.25, 0.3) is 11.0 Å². The second kappa shape index (κ2) is 10.8. The van der Waals surface area contributed by atoms with Crippen LogP contribution in [0.4, 0.5) is 4.79 Å². The van der Waals surface area contributed by atoms with Crippen molar-refractivity contribution in [2.24, 2.45) is 0 Å². The van der Waals surface area contributed by atoms with Gasteiger partial charge in [-0.25, -0.2) is 9.78 Å². The number of alkyl carbamates (subject to hydrolysis) is 1. The van der Waals surface area contributed by atoms with Crippen molar-refractivity contribution in [2.45, 2.75) is 104 Å². The summed E-state index contributed by atoms with van der Waals surface area (Å²) in [6.45, 7) is 21.7. The molecule has 1 aromatic heterocycles. The third-order valence-corrected chi connectivity index (χ3v) is 12.1. The minimum Gasteiger partial charge on any atom is -0.444 e. The van der Waals surface area contributed by atoms with Crippen LogP contribution >= 0.6 is 0 Å². The van der Waals surface area contributed by atoms with E-state index < -0.39 is 20.0 Å². The van der Waals surface area contributed by atoms with E-state index in [1.807, 2.05) is 20.8 Å². The van der Waals surface area contributed by atoms with Gasteiger partial charge < -0.3 is 23.9 Å². The summed E-state index contributed by atoms with van der Waals surface area (Å²) in [4.78, 5) is 20.4. The Bertz CT molecular complexity index is 1040. The highest BCUT2D eigenvalue weighted by Gasteiger charge is 2.37. The number of piperidine rings is 1. The number of amides is 1. The van der Waals surface area contributed by atoms with Crippen LogP contribution in [0.15, 0.2) is 18.2 Å². The number of aromatic nitrogens is 2. The molecule has 0 bridgehead atoms. The van der Waals surface area contributed by atoms with Gasteiger partial charge in [-0.1, -0.05) is 26.8 Å². The molecule has 1 aliphatic rings. The average Bonchev–Trinajstić information content (AvgIpc) is 3.09. The van der Waals surface area contributed by atoms with E-state index in [0.29, 0.717) is 19.1 Å². The second-order valence-electron chi connectivity index (χ2n) is 13.0. The summed E-state index contributed by atoms with van der Waals surface area (Å²) in [5, 5.41) is 3.28. The molecule has 2 heterocycles. The Kier molecular flexibility index (Phi) is 8.63. The molecule has 8 heteroatoms. The van der Waals surface area contributed by atoms with Gasteiger partial charge in [0.25, 0.3) is 0 Å². The van der Waals surface area contributed by atoms with Crippen molar-refractivity contribution in [3.05, 3.63) is 29.6 Å². The third-order valence-electron chi connectivity index (χ3n) is 7.60. The number of benzene rings is 1. The van der Waals surface area contributed by atoms with Crippen LogP contribution in [-0.4, -0.2) is 61.2 Å². The van der Waals surface area contributed by atoms with Crippen molar-refractivity contribution in [3.63, 3.8) is 0 Å². The minimum atomic E-state index is -1.92. The molecule has 202 valence electrons. The zero-order chi connectivity index (χ0) is 26.9. The molecule has 0 unspecified atom stereocenters. The molecule has 1 fully saturated rings. The summed E-state index contributed by atoms with van der Waals surface area (Å²) in [5.74, 6) is 0.898. The Morgan fingerprint density at radius 3 is 2.39 bits per heavy atom. The number of nitrogens with zero attached hydrogens (tertiary/aromatic N) is 3. The molecule has 0 spiro atoms. The van der Waals surface area contributed by atoms with Crippen LogP contribution in [0.1, 0.15) is 84.3 Å². The monoisotopic (exact) mass is 516 g/mol. The predicted octanol–water partition coefficient (Wildman–Crippen LogP) is 6.59. The smallest absolute Gasteiger partial charge is 0.408 e. The molecule has 3 rings (SSSR count). The Morgan fingerprint density at radius 2 is 1.81 bits per heavy atom. The molecule has 0 saturated carbocycles. The van der Waals surface area contributed by atoms with Crippen molar-refractivity contribution < 1.29 is 14.0 Å². The van der Waals surface area contributed by atoms with Gasteiger partial charge in [-0.3, -0.25) is 0 Å². The molecule has 0 aliphatic carbocycles. The molecule has 1 atom stereocenters. The van der Waals surface area contributed by atoms with Gasteiger partial charge in [0.15, 0.2) is 8.32 Å². The van der Waals surface area contributed by atoms with E-state index in [1.54, 1.807) is 0 Å². The molecule has 1 aromatic carbocycles. The van der Waals surface area contributed by atoms with E-state index in [9.17, 15) is 4.79 Å². The maximum atomic E-state index is 13.0. The molecule has 36 heavy (non-hydrogen) atoms. The molecule has 1 aliphatic heterocycles. The Balaban J connectivity index is 1.98. The van der Waals surface area contributed by atoms with E-state index in [-0.39, 0.29) is 11.1 Å². The first kappa shape index (κ1) is 28.7. The third kappa shape index (κ3) is 7.10. The van der Waals surface area contributed by atoms with Crippen LogP contribution in [0, 0.1) is 6.92 Å². The topological polar surface area (TPSA) is 68.6 Å². The summed E-state index contributed by atoms with van der Waals surface area (Å²) in [5.41, 5.74) is 2.72. The molecule has 0 radical (unpaired) electrons. The number of carbonyl (C=O) groups is 1. The lowest BCUT2D eigenvalue weighted by Crippen LogP contribution is -2.42. The fraction of sp³-hybridized carbons (Fsp3) is 0.714. The SMILES string of the molecule is Cc1ccc2c(c1)nc([C@H](CCO[Si](C)(C)C(C)(C)C)NC(=O)OC(C)(C)C)n2C1CCN(C)CC1. The van der Waals surface area contributed by atoms with Crippen LogP contribution in [-0.2, 0) is 9.16 Å². The van der Waals surface area contributed by atoms with Crippen molar-refractivity contribution in [2.75, 3.05) is 26.7 Å². The molecule has 1 saturated heterocycles. The van der Waals surface area contributed by atoms with Gasteiger partial charge in [-0.15, -0.1) is 0 Å². The Labute approximate surface area is 219 Å². The first-order valence-corrected chi connectivity index (χ1v) is 16.3. The van der Waals surface area contributed by atoms with Gasteiger partial charge in [0.1, 0.15) is 11.4 Å². The highest BCUT2D eigenvalue weighted by Crippen LogP contribution is 2.37. The summed E-state index contributed by atoms with van der Waals surface area (Å²) < 4.78 is 14.6. The zero-order valence-electron chi connectivity index (χ0n) is 24.2. The van der Waals surface area contributed by atoms with Crippen LogP contribution in [0.5, 0.6) is 0 Å². The summed E-state index contributed by atoms with van der Waals surface area (Å²) in [7, 11) is 0.258. The number of aryl methyl sites for hydroxylation is 1. The number of rotatable bonds is 7. The van der Waals surface area contributed by atoms with Gasteiger partial charge in [0.05, 0.1) is 17.1 Å². The van der Waals surface area contributed by atoms with Crippen LogP contribution in [0.2, 0.25) is 18.1 Å². The molecule has 7 nitrogen and oxygen atoms in total. The van der Waals surface area contributed by atoms with E-state index in [4.69, 9.17) is 14.1 Å². The maximum absolute atomic E-state index is 13.0. The summed E-state index contributed by atoms with van der Waals surface area (Å²) in [6, 6.07) is 6.50. The standard InChI is InChI=1S/C28H48N4O3Si/c1-20-11-12-24-23(19-20)29-25(32(24)21-13-16-31(8)17-14-21)22(30-26(33)35-27(2,3)4)15-18-34-36(9,10)28(5,6)7/h11-12,19,21-22H,13-18H2,1-10H3,(H,30,33)/t22-/m0/s1. The normalized spacial score (nSPS) is 17.4. The average molecular weight is 517 g/mol. The van der Waals surface area contributed by atoms with E-state index in [2.05, 4.69) is 80.8 Å². The van der Waals surface area contributed by atoms with E-state index in [0.717, 1.165) is 42.8 Å². The number of likely N-dealkylation sites (tertiary alicyclic amines) is 1. The lowest BCUT2D eigenvalue weighted by atomic mass is 10.0. The van der Waals surface area contributed by atoms with Crippen LogP contribution in [0.3, 0.4) is 0 Å². The fourth-order valence-corrected chi connectivity index (χ4v) is 5.54. The molecule has 2 aromatic rings. The molecular weight excluding hydrogens is 468 g/mol. The van der Waals surface area contributed by atoms with Gasteiger partial charge in [-0.05, 0) is 103 Å². The number of hydrogen-bond acceptors (Lipinski definition) is 5. The Hall–Kier alpha value is -1.90. The number of nitrogens with one attached hydrogen (secondary N) is 1. The summed E-state index contributed by atoms with van der Waals surface area (Å²) >= 11 is 0. The highest BCUT2D eigenvalue weighted by atomic mass is 28.4. The number of hydrogen-bond donors (Lipinski definition) is 1. The van der Waals surface area contributed by atoms with Gasteiger partial charge >= 0.3 is 6.09 Å². The van der Waals surface area contributed by atoms with Crippen LogP contribution < -0.4 is 5.32 Å². The number of fused-ring (bicyclic) bond motifs is 1. The van der Waals surface area contributed by atoms with Gasteiger partial charge in [0.2, 0.25) is 0 Å². The van der Waals surface area contributed by atoms with Crippen molar-refractivity contribution in [1.82, 2.24) is 19.8 Å². The van der Waals surface area contributed by atoms with Crippen molar-refractivity contribution in [1.29, 1.82) is 0 Å². The van der Waals surface area contributed by atoms with Crippen molar-refractivity contribution in [3.8, 4) is 0 Å². The summed E-state index contributed by atoms with van der Waals surface area (Å²) in [6.07, 6.45) is 2.34. The number of carbonyl (C=O) groups excluding carboxylic acids is 1. The molecule has 1 amide bonds. The second-order valence-corrected chi connectivity index (χ2v) is 17.8. The van der Waals surface area contributed by atoms with Gasteiger partial charge in [0, 0.05) is 12.6 Å². The Morgan fingerprint density at radius 1 is 1.17 bits per heavy atom.